The van der Waals surface area contributed by atoms with Gasteiger partial charge in [-0.2, -0.15) is 5.10 Å². The van der Waals surface area contributed by atoms with E-state index in [0.29, 0.717) is 28.5 Å². The Morgan fingerprint density at radius 1 is 1.00 bits per heavy atom. The highest BCUT2D eigenvalue weighted by atomic mass is 16.6. The second-order valence-corrected chi connectivity index (χ2v) is 7.93. The van der Waals surface area contributed by atoms with Gasteiger partial charge in [0.1, 0.15) is 17.2 Å². The van der Waals surface area contributed by atoms with Crippen molar-refractivity contribution in [1.82, 2.24) is 9.78 Å². The van der Waals surface area contributed by atoms with Crippen LogP contribution in [-0.4, -0.2) is 34.5 Å². The lowest BCUT2D eigenvalue weighted by molar-refractivity contribution is 0.0635. The predicted molar refractivity (Wildman–Crippen MR) is 119 cm³/mol. The molecule has 0 spiro atoms. The zero-order valence-electron chi connectivity index (χ0n) is 18.2. The fraction of sp³-hybridized carbons (Fsp3) is 0.261. The largest absolute Gasteiger partial charge is 0.497 e. The summed E-state index contributed by atoms with van der Waals surface area (Å²) in [5.41, 5.74) is 2.06. The molecule has 31 heavy (non-hydrogen) atoms. The van der Waals surface area contributed by atoms with Gasteiger partial charge in [-0.3, -0.25) is 14.8 Å². The second kappa shape index (κ2) is 8.91. The molecule has 0 saturated heterocycles. The molecule has 3 rings (SSSR count). The summed E-state index contributed by atoms with van der Waals surface area (Å²) in [5, 5.41) is 10.0. The van der Waals surface area contributed by atoms with Gasteiger partial charge in [-0.1, -0.05) is 18.2 Å². The van der Waals surface area contributed by atoms with Crippen molar-refractivity contribution in [2.75, 3.05) is 17.7 Å². The number of carbonyl (C=O) groups excluding carboxylic acids is 2. The van der Waals surface area contributed by atoms with Crippen molar-refractivity contribution >= 4 is 23.5 Å². The monoisotopic (exact) mass is 422 g/mol. The number of aromatic nitrogens is 2. The van der Waals surface area contributed by atoms with E-state index in [0.717, 1.165) is 5.56 Å². The number of anilines is 2. The van der Waals surface area contributed by atoms with E-state index in [-0.39, 0.29) is 5.91 Å². The molecule has 2 N–H and O–H groups in total. The van der Waals surface area contributed by atoms with Gasteiger partial charge in [0.05, 0.1) is 12.8 Å². The van der Waals surface area contributed by atoms with Crippen LogP contribution in [0.1, 0.15) is 31.1 Å². The maximum atomic E-state index is 12.6. The summed E-state index contributed by atoms with van der Waals surface area (Å²) in [7, 11) is 3.31. The first kappa shape index (κ1) is 21.9. The Kier molecular flexibility index (Phi) is 6.29. The van der Waals surface area contributed by atoms with E-state index in [4.69, 9.17) is 9.47 Å². The van der Waals surface area contributed by atoms with E-state index in [9.17, 15) is 9.59 Å². The lowest BCUT2D eigenvalue weighted by atomic mass is 10.1. The third-order valence-corrected chi connectivity index (χ3v) is 4.28. The number of methoxy groups -OCH3 is 1. The van der Waals surface area contributed by atoms with E-state index >= 15 is 0 Å². The van der Waals surface area contributed by atoms with E-state index in [1.54, 1.807) is 82.1 Å². The molecule has 2 amide bonds. The molecule has 8 nitrogen and oxygen atoms in total. The molecule has 8 heteroatoms. The maximum Gasteiger partial charge on any atom is 0.412 e. The van der Waals surface area contributed by atoms with Crippen molar-refractivity contribution in [3.63, 3.8) is 0 Å². The molecule has 2 aromatic carbocycles. The van der Waals surface area contributed by atoms with Gasteiger partial charge in [-0.15, -0.1) is 0 Å². The number of rotatable bonds is 5. The Hall–Kier alpha value is -3.81. The number of amides is 2. The number of hydrogen-bond donors (Lipinski definition) is 2. The highest BCUT2D eigenvalue weighted by Gasteiger charge is 2.16. The van der Waals surface area contributed by atoms with Crippen molar-refractivity contribution in [3.8, 4) is 17.0 Å². The highest BCUT2D eigenvalue weighted by Crippen LogP contribution is 2.24. The lowest BCUT2D eigenvalue weighted by Crippen LogP contribution is -2.27. The first-order chi connectivity index (χ1) is 14.6. The van der Waals surface area contributed by atoms with E-state index < -0.39 is 11.7 Å². The van der Waals surface area contributed by atoms with E-state index in [2.05, 4.69) is 15.7 Å². The molecular weight excluding hydrogens is 396 g/mol. The minimum atomic E-state index is -0.566. The van der Waals surface area contributed by atoms with Crippen LogP contribution in [0.3, 0.4) is 0 Å². The van der Waals surface area contributed by atoms with Crippen molar-refractivity contribution < 1.29 is 19.1 Å². The number of nitrogens with one attached hydrogen (secondary N) is 2. The Balaban J connectivity index is 1.70. The van der Waals surface area contributed by atoms with Crippen molar-refractivity contribution in [1.29, 1.82) is 0 Å². The minimum Gasteiger partial charge on any atom is -0.497 e. The summed E-state index contributed by atoms with van der Waals surface area (Å²) in [6, 6.07) is 15.9. The summed E-state index contributed by atoms with van der Waals surface area (Å²) in [6.45, 7) is 5.42. The van der Waals surface area contributed by atoms with Crippen molar-refractivity contribution in [2.24, 2.45) is 7.05 Å². The van der Waals surface area contributed by atoms with Crippen LogP contribution in [0.5, 0.6) is 5.75 Å². The number of carbonyl (C=O) groups is 2. The Morgan fingerprint density at radius 3 is 2.35 bits per heavy atom. The molecule has 1 heterocycles. The van der Waals surface area contributed by atoms with Crippen LogP contribution in [0, 0.1) is 0 Å². The Morgan fingerprint density at radius 2 is 1.71 bits per heavy atom. The lowest BCUT2D eigenvalue weighted by Gasteiger charge is -2.19. The molecule has 0 saturated carbocycles. The molecule has 0 aliphatic heterocycles. The molecule has 0 aliphatic rings. The van der Waals surface area contributed by atoms with Gasteiger partial charge < -0.3 is 14.8 Å². The van der Waals surface area contributed by atoms with Crippen molar-refractivity contribution in [3.05, 3.63) is 60.2 Å². The molecule has 0 unspecified atom stereocenters. The zero-order chi connectivity index (χ0) is 22.6. The summed E-state index contributed by atoms with van der Waals surface area (Å²) in [4.78, 5) is 24.5. The van der Waals surface area contributed by atoms with E-state index in [1.807, 2.05) is 12.1 Å². The second-order valence-electron chi connectivity index (χ2n) is 7.93. The molecule has 0 bridgehead atoms. The average molecular weight is 422 g/mol. The minimum absolute atomic E-state index is 0.259. The number of nitrogens with zero attached hydrogens (tertiary/aromatic N) is 2. The highest BCUT2D eigenvalue weighted by molar-refractivity contribution is 6.04. The fourth-order valence-electron chi connectivity index (χ4n) is 2.82. The summed E-state index contributed by atoms with van der Waals surface area (Å²) < 4.78 is 12.0. The third kappa shape index (κ3) is 5.85. The zero-order valence-corrected chi connectivity index (χ0v) is 18.2. The summed E-state index contributed by atoms with van der Waals surface area (Å²) in [6.07, 6.45) is -0.513. The Labute approximate surface area is 181 Å². The number of benzene rings is 2. The Bertz CT molecular complexity index is 1080. The smallest absolute Gasteiger partial charge is 0.412 e. The fourth-order valence-corrected chi connectivity index (χ4v) is 2.82. The topological polar surface area (TPSA) is 94.5 Å². The van der Waals surface area contributed by atoms with Crippen LogP contribution in [0.25, 0.3) is 11.3 Å². The summed E-state index contributed by atoms with van der Waals surface area (Å²) >= 11 is 0. The van der Waals surface area contributed by atoms with Crippen LogP contribution in [0.2, 0.25) is 0 Å². The average Bonchev–Trinajstić information content (AvgIpc) is 3.07. The summed E-state index contributed by atoms with van der Waals surface area (Å²) in [5.74, 6) is 0.905. The number of aryl methyl sites for hydroxylation is 1. The van der Waals surface area contributed by atoms with Gasteiger partial charge in [0.25, 0.3) is 5.91 Å². The molecule has 1 aromatic heterocycles. The van der Waals surface area contributed by atoms with Crippen molar-refractivity contribution in [2.45, 2.75) is 26.4 Å². The van der Waals surface area contributed by atoms with Crippen LogP contribution >= 0.6 is 0 Å². The van der Waals surface area contributed by atoms with Gasteiger partial charge in [-0.05, 0) is 51.1 Å². The number of ether oxygens (including phenoxy) is 2. The number of hydrogen-bond acceptors (Lipinski definition) is 5. The van der Waals surface area contributed by atoms with Crippen LogP contribution in [0.15, 0.2) is 54.6 Å². The van der Waals surface area contributed by atoms with Gasteiger partial charge in [0.2, 0.25) is 0 Å². The van der Waals surface area contributed by atoms with Crippen LogP contribution in [0.4, 0.5) is 16.3 Å². The maximum absolute atomic E-state index is 12.6. The molecule has 3 aromatic rings. The molecular formula is C23H26N4O4. The first-order valence-corrected chi connectivity index (χ1v) is 9.74. The quantitative estimate of drug-likeness (QED) is 0.622. The van der Waals surface area contributed by atoms with Gasteiger partial charge in [0.15, 0.2) is 0 Å². The normalized spacial score (nSPS) is 11.0. The van der Waals surface area contributed by atoms with Crippen LogP contribution < -0.4 is 15.4 Å². The molecule has 0 atom stereocenters. The standard InChI is InChI=1S/C23H26N4O4/c1-23(2,3)31-22(29)24-17-11-9-15(10-12-17)19-14-20(27(4)26-19)25-21(28)16-7-6-8-18(13-16)30-5/h6-14H,1-5H3,(H,24,29)(H,25,28). The molecule has 162 valence electrons. The van der Waals surface area contributed by atoms with Gasteiger partial charge in [0, 0.05) is 29.9 Å². The van der Waals surface area contributed by atoms with Crippen LogP contribution in [-0.2, 0) is 11.8 Å². The van der Waals surface area contributed by atoms with Gasteiger partial charge in [-0.25, -0.2) is 4.79 Å². The van der Waals surface area contributed by atoms with Gasteiger partial charge >= 0.3 is 6.09 Å². The first-order valence-electron chi connectivity index (χ1n) is 9.74. The SMILES string of the molecule is COc1cccc(C(=O)Nc2cc(-c3ccc(NC(=O)OC(C)(C)C)cc3)nn2C)c1. The molecule has 0 fully saturated rings. The third-order valence-electron chi connectivity index (χ3n) is 4.28. The predicted octanol–water partition coefficient (Wildman–Crippen LogP) is 4.70. The molecule has 0 aliphatic carbocycles. The van der Waals surface area contributed by atoms with E-state index in [1.165, 1.54) is 0 Å². The molecule has 0 radical (unpaired) electrons.